The van der Waals surface area contributed by atoms with Crippen molar-refractivity contribution in [3.63, 3.8) is 0 Å². The van der Waals surface area contributed by atoms with Gasteiger partial charge in [-0.2, -0.15) is 13.2 Å². The molecule has 1 rings (SSSR count). The van der Waals surface area contributed by atoms with E-state index < -0.39 is 12.7 Å². The molecule has 4 nitrogen and oxygen atoms in total. The summed E-state index contributed by atoms with van der Waals surface area (Å²) in [6.07, 6.45) is 0.596. The molecule has 7 heteroatoms. The zero-order chi connectivity index (χ0) is 14.3. The van der Waals surface area contributed by atoms with E-state index in [1.54, 1.807) is 0 Å². The molecule has 0 bridgehead atoms. The minimum atomic E-state index is -4.31. The summed E-state index contributed by atoms with van der Waals surface area (Å²) in [5.74, 6) is -0.370. The molecule has 0 heterocycles. The molecule has 1 aliphatic carbocycles. The van der Waals surface area contributed by atoms with Gasteiger partial charge in [-0.15, -0.1) is 0 Å². The zero-order valence-electron chi connectivity index (χ0n) is 10.9. The van der Waals surface area contributed by atoms with Crippen LogP contribution in [0.5, 0.6) is 0 Å². The van der Waals surface area contributed by atoms with E-state index in [0.717, 1.165) is 32.1 Å². The molecule has 0 spiro atoms. The predicted octanol–water partition coefficient (Wildman–Crippen LogP) is 1.29. The van der Waals surface area contributed by atoms with Crippen molar-refractivity contribution >= 4 is 5.91 Å². The number of amides is 1. The maximum absolute atomic E-state index is 12.0. The van der Waals surface area contributed by atoms with Crippen LogP contribution >= 0.6 is 0 Å². The minimum absolute atomic E-state index is 0.0566. The minimum Gasteiger partial charge on any atom is -0.395 e. The topological polar surface area (TPSA) is 52.6 Å². The Kier molecular flexibility index (Phi) is 6.57. The highest BCUT2D eigenvalue weighted by Gasteiger charge is 2.28. The summed E-state index contributed by atoms with van der Waals surface area (Å²) < 4.78 is 35.9. The van der Waals surface area contributed by atoms with E-state index in [1.165, 1.54) is 4.90 Å². The number of aliphatic hydroxyl groups excluding tert-OH is 1. The van der Waals surface area contributed by atoms with Crippen LogP contribution < -0.4 is 5.32 Å². The molecule has 2 N–H and O–H groups in total. The van der Waals surface area contributed by atoms with Gasteiger partial charge < -0.3 is 15.3 Å². The SMILES string of the molecule is O=C(CNCC(F)(F)F)N(CCO)C1CCCCC1. The first kappa shape index (κ1) is 16.2. The largest absolute Gasteiger partial charge is 0.401 e. The summed E-state index contributed by atoms with van der Waals surface area (Å²) in [4.78, 5) is 13.4. The molecule has 0 unspecified atom stereocenters. The summed E-state index contributed by atoms with van der Waals surface area (Å²) in [7, 11) is 0. The number of carbonyl (C=O) groups is 1. The standard InChI is InChI=1S/C12H21F3N2O2/c13-12(14,15)9-16-8-11(19)17(6-7-18)10-4-2-1-3-5-10/h10,16,18H,1-9H2. The van der Waals surface area contributed by atoms with E-state index in [4.69, 9.17) is 5.11 Å². The predicted molar refractivity (Wildman–Crippen MR) is 64.6 cm³/mol. The Morgan fingerprint density at radius 1 is 1.26 bits per heavy atom. The number of alkyl halides is 3. The number of halogens is 3. The van der Waals surface area contributed by atoms with Crippen molar-refractivity contribution in [1.82, 2.24) is 10.2 Å². The maximum atomic E-state index is 12.0. The molecule has 0 aromatic carbocycles. The van der Waals surface area contributed by atoms with Gasteiger partial charge in [0, 0.05) is 12.6 Å². The van der Waals surface area contributed by atoms with Crippen LogP contribution in [0.25, 0.3) is 0 Å². The second-order valence-corrected chi connectivity index (χ2v) is 4.82. The van der Waals surface area contributed by atoms with E-state index in [9.17, 15) is 18.0 Å². The van der Waals surface area contributed by atoms with Crippen molar-refractivity contribution in [1.29, 1.82) is 0 Å². The molecule has 1 fully saturated rings. The molecule has 19 heavy (non-hydrogen) atoms. The molecule has 1 saturated carbocycles. The molecule has 0 aromatic rings. The quantitative estimate of drug-likeness (QED) is 0.772. The summed E-state index contributed by atoms with van der Waals surface area (Å²) in [6, 6.07) is 0.0566. The third-order valence-corrected chi connectivity index (χ3v) is 3.28. The number of nitrogens with zero attached hydrogens (tertiary/aromatic N) is 1. The van der Waals surface area contributed by atoms with Crippen LogP contribution in [0, 0.1) is 0 Å². The summed E-state index contributed by atoms with van der Waals surface area (Å²) in [6.45, 7) is -1.48. The molecule has 0 saturated heterocycles. The van der Waals surface area contributed by atoms with Crippen LogP contribution in [0.2, 0.25) is 0 Å². The van der Waals surface area contributed by atoms with Gasteiger partial charge in [-0.1, -0.05) is 19.3 Å². The summed E-state index contributed by atoms with van der Waals surface area (Å²) in [5.41, 5.74) is 0. The molecule has 0 aliphatic heterocycles. The Hall–Kier alpha value is -0.820. The van der Waals surface area contributed by atoms with E-state index in [2.05, 4.69) is 5.32 Å². The molecule has 0 radical (unpaired) electrons. The van der Waals surface area contributed by atoms with Crippen molar-refractivity contribution in [2.24, 2.45) is 0 Å². The lowest BCUT2D eigenvalue weighted by molar-refractivity contribution is -0.137. The second-order valence-electron chi connectivity index (χ2n) is 4.82. The fraction of sp³-hybridized carbons (Fsp3) is 0.917. The fourth-order valence-corrected chi connectivity index (χ4v) is 2.42. The van der Waals surface area contributed by atoms with Crippen LogP contribution in [0.1, 0.15) is 32.1 Å². The Morgan fingerprint density at radius 3 is 2.42 bits per heavy atom. The third kappa shape index (κ3) is 6.24. The molecule has 0 aromatic heterocycles. The lowest BCUT2D eigenvalue weighted by Crippen LogP contribution is -2.47. The van der Waals surface area contributed by atoms with Crippen molar-refractivity contribution < 1.29 is 23.1 Å². The Labute approximate surface area is 111 Å². The normalized spacial score (nSPS) is 17.5. The van der Waals surface area contributed by atoms with E-state index >= 15 is 0 Å². The number of nitrogens with one attached hydrogen (secondary N) is 1. The van der Waals surface area contributed by atoms with Crippen LogP contribution in [0.4, 0.5) is 13.2 Å². The smallest absolute Gasteiger partial charge is 0.395 e. The first-order valence-electron chi connectivity index (χ1n) is 6.62. The van der Waals surface area contributed by atoms with Gasteiger partial charge in [0.25, 0.3) is 0 Å². The van der Waals surface area contributed by atoms with Gasteiger partial charge in [-0.05, 0) is 12.8 Å². The van der Waals surface area contributed by atoms with Gasteiger partial charge >= 0.3 is 6.18 Å². The monoisotopic (exact) mass is 282 g/mol. The molecule has 1 aliphatic rings. The summed E-state index contributed by atoms with van der Waals surface area (Å²) >= 11 is 0. The average molecular weight is 282 g/mol. The third-order valence-electron chi connectivity index (χ3n) is 3.28. The fourth-order valence-electron chi connectivity index (χ4n) is 2.42. The van der Waals surface area contributed by atoms with Crippen molar-refractivity contribution in [3.05, 3.63) is 0 Å². The maximum Gasteiger partial charge on any atom is 0.401 e. The molecule has 112 valence electrons. The highest BCUT2D eigenvalue weighted by molar-refractivity contribution is 5.78. The number of hydrogen-bond donors (Lipinski definition) is 2. The van der Waals surface area contributed by atoms with Crippen molar-refractivity contribution in [3.8, 4) is 0 Å². The number of aliphatic hydroxyl groups is 1. The van der Waals surface area contributed by atoms with Crippen LogP contribution in [0.3, 0.4) is 0 Å². The number of carbonyl (C=O) groups excluding carboxylic acids is 1. The highest BCUT2D eigenvalue weighted by atomic mass is 19.4. The van der Waals surface area contributed by atoms with Gasteiger partial charge in [-0.3, -0.25) is 4.79 Å². The molecular weight excluding hydrogens is 261 g/mol. The molecule has 0 atom stereocenters. The van der Waals surface area contributed by atoms with Gasteiger partial charge in [0.1, 0.15) is 0 Å². The van der Waals surface area contributed by atoms with Crippen LogP contribution in [0.15, 0.2) is 0 Å². The first-order chi connectivity index (χ1) is 8.94. The van der Waals surface area contributed by atoms with E-state index in [1.807, 2.05) is 0 Å². The molecular formula is C12H21F3N2O2. The Balaban J connectivity index is 2.43. The van der Waals surface area contributed by atoms with E-state index in [-0.39, 0.29) is 31.6 Å². The van der Waals surface area contributed by atoms with E-state index in [0.29, 0.717) is 0 Å². The van der Waals surface area contributed by atoms with Gasteiger partial charge in [-0.25, -0.2) is 0 Å². The van der Waals surface area contributed by atoms with Crippen molar-refractivity contribution in [2.75, 3.05) is 26.2 Å². The average Bonchev–Trinajstić information content (AvgIpc) is 2.35. The van der Waals surface area contributed by atoms with Gasteiger partial charge in [0.2, 0.25) is 5.91 Å². The zero-order valence-corrected chi connectivity index (χ0v) is 10.9. The number of rotatable bonds is 6. The van der Waals surface area contributed by atoms with Gasteiger partial charge in [0.05, 0.1) is 19.7 Å². The van der Waals surface area contributed by atoms with Crippen LogP contribution in [-0.2, 0) is 4.79 Å². The summed E-state index contributed by atoms with van der Waals surface area (Å²) in [5, 5.41) is 11.1. The Morgan fingerprint density at radius 2 is 1.89 bits per heavy atom. The lowest BCUT2D eigenvalue weighted by Gasteiger charge is -2.34. The first-order valence-corrected chi connectivity index (χ1v) is 6.62. The Bertz CT molecular complexity index is 279. The lowest BCUT2D eigenvalue weighted by atomic mass is 9.94. The van der Waals surface area contributed by atoms with Crippen molar-refractivity contribution in [2.45, 2.75) is 44.3 Å². The highest BCUT2D eigenvalue weighted by Crippen LogP contribution is 2.22. The number of hydrogen-bond acceptors (Lipinski definition) is 3. The second kappa shape index (κ2) is 7.69. The van der Waals surface area contributed by atoms with Crippen LogP contribution in [-0.4, -0.2) is 54.4 Å². The van der Waals surface area contributed by atoms with Gasteiger partial charge in [0.15, 0.2) is 0 Å². The molecule has 1 amide bonds.